The van der Waals surface area contributed by atoms with Gasteiger partial charge in [0.1, 0.15) is 0 Å². The lowest BCUT2D eigenvalue weighted by molar-refractivity contribution is 0.462. The van der Waals surface area contributed by atoms with E-state index in [1.165, 1.54) is 41.7 Å². The molecule has 20 heavy (non-hydrogen) atoms. The van der Waals surface area contributed by atoms with Crippen LogP contribution >= 0.6 is 11.3 Å². The van der Waals surface area contributed by atoms with E-state index in [-0.39, 0.29) is 0 Å². The summed E-state index contributed by atoms with van der Waals surface area (Å²) in [5, 5.41) is 4.84. The summed E-state index contributed by atoms with van der Waals surface area (Å²) in [5.41, 5.74) is 3.05. The van der Waals surface area contributed by atoms with Crippen LogP contribution in [0.3, 0.4) is 0 Å². The molecule has 1 unspecified atom stereocenters. The molecule has 2 aromatic heterocycles. The molecule has 0 radical (unpaired) electrons. The Hall–Kier alpha value is -1.13. The van der Waals surface area contributed by atoms with Crippen LogP contribution in [-0.2, 0) is 13.0 Å². The second-order valence-electron chi connectivity index (χ2n) is 5.66. The van der Waals surface area contributed by atoms with E-state index in [1.54, 1.807) is 11.3 Å². The van der Waals surface area contributed by atoms with Crippen LogP contribution in [0.15, 0.2) is 18.6 Å². The number of aromatic nitrogens is 2. The third kappa shape index (κ3) is 2.96. The topological polar surface area (TPSA) is 29.9 Å². The van der Waals surface area contributed by atoms with E-state index < -0.39 is 0 Å². The summed E-state index contributed by atoms with van der Waals surface area (Å²) in [6.45, 7) is 6.37. The first-order valence-corrected chi connectivity index (χ1v) is 8.41. The number of hydrogen-bond donors (Lipinski definition) is 1. The van der Waals surface area contributed by atoms with E-state index in [2.05, 4.69) is 41.1 Å². The first-order chi connectivity index (χ1) is 9.76. The molecule has 108 valence electrons. The average Bonchev–Trinajstić information content (AvgIpc) is 3.02. The quantitative estimate of drug-likeness (QED) is 0.910. The highest BCUT2D eigenvalue weighted by molar-refractivity contribution is 7.11. The second kappa shape index (κ2) is 6.10. The molecule has 1 atom stereocenters. The minimum Gasteiger partial charge on any atom is -0.348 e. The number of nitrogens with one attached hydrogen (secondary N) is 1. The van der Waals surface area contributed by atoms with E-state index >= 15 is 0 Å². The molecule has 0 fully saturated rings. The second-order valence-corrected chi connectivity index (χ2v) is 6.97. The fourth-order valence-corrected chi connectivity index (χ4v) is 3.83. The van der Waals surface area contributed by atoms with Gasteiger partial charge in [0.05, 0.1) is 11.6 Å². The summed E-state index contributed by atoms with van der Waals surface area (Å²) in [6.07, 6.45) is 11.7. The maximum atomic E-state index is 4.34. The molecule has 0 spiro atoms. The van der Waals surface area contributed by atoms with Gasteiger partial charge in [0.2, 0.25) is 0 Å². The fourth-order valence-electron chi connectivity index (χ4n) is 3.03. The van der Waals surface area contributed by atoms with Gasteiger partial charge in [0.15, 0.2) is 0 Å². The lowest BCUT2D eigenvalue weighted by Gasteiger charge is -2.23. The Morgan fingerprint density at radius 2 is 2.35 bits per heavy atom. The summed E-state index contributed by atoms with van der Waals surface area (Å²) < 4.78 is 2.34. The zero-order valence-corrected chi connectivity index (χ0v) is 13.2. The van der Waals surface area contributed by atoms with Crippen molar-refractivity contribution in [3.8, 4) is 0 Å². The van der Waals surface area contributed by atoms with Gasteiger partial charge in [-0.2, -0.15) is 0 Å². The molecular formula is C16H23N3S. The number of hydrogen-bond acceptors (Lipinski definition) is 3. The summed E-state index contributed by atoms with van der Waals surface area (Å²) in [4.78, 5) is 5.68. The van der Waals surface area contributed by atoms with E-state index in [0.717, 1.165) is 18.1 Å². The van der Waals surface area contributed by atoms with Gasteiger partial charge in [0, 0.05) is 29.5 Å². The predicted octanol–water partition coefficient (Wildman–Crippen LogP) is 3.68. The predicted molar refractivity (Wildman–Crippen MR) is 84.4 cm³/mol. The fraction of sp³-hybridized carbons (Fsp3) is 0.562. The highest BCUT2D eigenvalue weighted by Crippen LogP contribution is 2.31. The maximum Gasteiger partial charge on any atom is 0.0897 e. The van der Waals surface area contributed by atoms with Crippen LogP contribution in [0.5, 0.6) is 0 Å². The zero-order chi connectivity index (χ0) is 13.9. The lowest BCUT2D eigenvalue weighted by atomic mass is 9.91. The molecule has 1 aliphatic rings. The van der Waals surface area contributed by atoms with Gasteiger partial charge in [0.25, 0.3) is 0 Å². The van der Waals surface area contributed by atoms with Crippen molar-refractivity contribution in [2.45, 2.75) is 52.1 Å². The van der Waals surface area contributed by atoms with Crippen LogP contribution in [-0.4, -0.2) is 16.1 Å². The largest absolute Gasteiger partial charge is 0.348 e. The van der Waals surface area contributed by atoms with Gasteiger partial charge in [-0.25, -0.2) is 4.98 Å². The van der Waals surface area contributed by atoms with Crippen LogP contribution in [0, 0.1) is 6.92 Å². The average molecular weight is 289 g/mol. The van der Waals surface area contributed by atoms with Gasteiger partial charge in [-0.05, 0) is 50.3 Å². The lowest BCUT2D eigenvalue weighted by Crippen LogP contribution is -2.24. The van der Waals surface area contributed by atoms with Crippen molar-refractivity contribution < 1.29 is 0 Å². The van der Waals surface area contributed by atoms with Crippen LogP contribution in [0.25, 0.3) is 0 Å². The molecule has 0 amide bonds. The molecular weight excluding hydrogens is 266 g/mol. The maximum absolute atomic E-state index is 4.34. The van der Waals surface area contributed by atoms with Crippen LogP contribution in [0.1, 0.15) is 53.2 Å². The molecule has 0 saturated carbocycles. The first kappa shape index (κ1) is 13.8. The molecule has 0 saturated heterocycles. The van der Waals surface area contributed by atoms with Crippen molar-refractivity contribution >= 4 is 11.3 Å². The van der Waals surface area contributed by atoms with E-state index in [9.17, 15) is 0 Å². The summed E-state index contributed by atoms with van der Waals surface area (Å²) in [6, 6.07) is 0.558. The normalized spacial score (nSPS) is 18.2. The van der Waals surface area contributed by atoms with Crippen molar-refractivity contribution in [3.05, 3.63) is 39.6 Å². The third-order valence-electron chi connectivity index (χ3n) is 3.96. The Labute approximate surface area is 125 Å². The van der Waals surface area contributed by atoms with E-state index in [1.807, 2.05) is 6.20 Å². The Balaban J connectivity index is 1.76. The van der Waals surface area contributed by atoms with Gasteiger partial charge in [-0.1, -0.05) is 6.92 Å². The number of rotatable bonds is 5. The molecule has 0 aliphatic heterocycles. The molecule has 2 aromatic rings. The summed E-state index contributed by atoms with van der Waals surface area (Å²) in [7, 11) is 0. The van der Waals surface area contributed by atoms with E-state index in [4.69, 9.17) is 0 Å². The zero-order valence-electron chi connectivity index (χ0n) is 12.4. The van der Waals surface area contributed by atoms with Crippen molar-refractivity contribution in [2.24, 2.45) is 0 Å². The van der Waals surface area contributed by atoms with Crippen LogP contribution in [0.2, 0.25) is 0 Å². The SMILES string of the molecule is CCCNC1CCCc2cn(Cc3cnc(C)s3)cc21. The van der Waals surface area contributed by atoms with Crippen LogP contribution in [0.4, 0.5) is 0 Å². The monoisotopic (exact) mass is 289 g/mol. The molecule has 4 heteroatoms. The molecule has 3 rings (SSSR count). The molecule has 3 nitrogen and oxygen atoms in total. The Morgan fingerprint density at radius 1 is 1.45 bits per heavy atom. The highest BCUT2D eigenvalue weighted by atomic mass is 32.1. The number of thiazole rings is 1. The van der Waals surface area contributed by atoms with Crippen molar-refractivity contribution in [1.29, 1.82) is 0 Å². The molecule has 0 aromatic carbocycles. The number of fused-ring (bicyclic) bond motifs is 1. The Bertz CT molecular complexity index is 570. The summed E-state index contributed by atoms with van der Waals surface area (Å²) in [5.74, 6) is 0. The standard InChI is InChI=1S/C16H23N3S/c1-3-7-17-16-6-4-5-13-9-19(11-15(13)16)10-14-8-18-12(2)20-14/h8-9,11,16-17H,3-7,10H2,1-2H3. The van der Waals surface area contributed by atoms with Crippen molar-refractivity contribution in [2.75, 3.05) is 6.54 Å². The number of nitrogens with zero attached hydrogens (tertiary/aromatic N) is 2. The van der Waals surface area contributed by atoms with Gasteiger partial charge >= 0.3 is 0 Å². The van der Waals surface area contributed by atoms with Crippen LogP contribution < -0.4 is 5.32 Å². The third-order valence-corrected chi connectivity index (χ3v) is 4.86. The van der Waals surface area contributed by atoms with E-state index in [0.29, 0.717) is 6.04 Å². The minimum atomic E-state index is 0.558. The van der Waals surface area contributed by atoms with Crippen molar-refractivity contribution in [3.63, 3.8) is 0 Å². The highest BCUT2D eigenvalue weighted by Gasteiger charge is 2.21. The molecule has 0 bridgehead atoms. The Kier molecular flexibility index (Phi) is 4.22. The molecule has 2 heterocycles. The van der Waals surface area contributed by atoms with Gasteiger partial charge < -0.3 is 9.88 Å². The Morgan fingerprint density at radius 3 is 3.10 bits per heavy atom. The smallest absolute Gasteiger partial charge is 0.0897 e. The minimum absolute atomic E-state index is 0.558. The van der Waals surface area contributed by atoms with Gasteiger partial charge in [-0.3, -0.25) is 0 Å². The first-order valence-electron chi connectivity index (χ1n) is 7.59. The van der Waals surface area contributed by atoms with Crippen molar-refractivity contribution in [1.82, 2.24) is 14.9 Å². The summed E-state index contributed by atoms with van der Waals surface area (Å²) >= 11 is 1.80. The number of aryl methyl sites for hydroxylation is 2. The molecule has 1 aliphatic carbocycles. The van der Waals surface area contributed by atoms with Gasteiger partial charge in [-0.15, -0.1) is 11.3 Å². The molecule has 1 N–H and O–H groups in total.